The number of hydrogen-bond donors (Lipinski definition) is 1. The summed E-state index contributed by atoms with van der Waals surface area (Å²) in [5.41, 5.74) is 0.734. The Morgan fingerprint density at radius 1 is 1.28 bits per heavy atom. The Morgan fingerprint density at radius 3 is 2.72 bits per heavy atom. The van der Waals surface area contributed by atoms with Gasteiger partial charge in [0, 0.05) is 24.8 Å². The van der Waals surface area contributed by atoms with E-state index >= 15 is 0 Å². The lowest BCUT2D eigenvalue weighted by Gasteiger charge is -2.33. The van der Waals surface area contributed by atoms with Gasteiger partial charge in [-0.15, -0.1) is 0 Å². The van der Waals surface area contributed by atoms with Gasteiger partial charge in [0.25, 0.3) is 0 Å². The smallest absolute Gasteiger partial charge is 0.127 e. The molecule has 1 N–H and O–H groups in total. The zero-order chi connectivity index (χ0) is 13.0. The summed E-state index contributed by atoms with van der Waals surface area (Å²) in [7, 11) is 1.76. The van der Waals surface area contributed by atoms with Gasteiger partial charge in [0.1, 0.15) is 5.82 Å². The lowest BCUT2D eigenvalue weighted by Crippen LogP contribution is -2.44. The molecule has 2 nitrogen and oxygen atoms in total. The van der Waals surface area contributed by atoms with Crippen molar-refractivity contribution >= 4 is 0 Å². The maximum absolute atomic E-state index is 13.7. The van der Waals surface area contributed by atoms with Crippen LogP contribution in [0.2, 0.25) is 0 Å². The minimum absolute atomic E-state index is 0.0203. The number of hydrogen-bond acceptors (Lipinski definition) is 2. The molecule has 3 heteroatoms. The van der Waals surface area contributed by atoms with Gasteiger partial charge in [-0.1, -0.05) is 31.0 Å². The summed E-state index contributed by atoms with van der Waals surface area (Å²) < 4.78 is 19.2. The molecule has 1 saturated carbocycles. The highest BCUT2D eigenvalue weighted by Gasteiger charge is 2.26. The van der Waals surface area contributed by atoms with Crippen LogP contribution in [0.25, 0.3) is 0 Å². The summed E-state index contributed by atoms with van der Waals surface area (Å²) in [6, 6.07) is 7.32. The van der Waals surface area contributed by atoms with Crippen LogP contribution < -0.4 is 5.32 Å². The topological polar surface area (TPSA) is 21.3 Å². The van der Waals surface area contributed by atoms with Crippen molar-refractivity contribution in [2.75, 3.05) is 7.11 Å². The summed E-state index contributed by atoms with van der Waals surface area (Å²) in [6.07, 6.45) is 4.91. The van der Waals surface area contributed by atoms with Crippen LogP contribution in [0, 0.1) is 5.82 Å². The second-order valence-electron chi connectivity index (χ2n) is 5.07. The van der Waals surface area contributed by atoms with Crippen molar-refractivity contribution in [2.45, 2.75) is 50.8 Å². The van der Waals surface area contributed by atoms with Gasteiger partial charge in [0.15, 0.2) is 0 Å². The van der Waals surface area contributed by atoms with E-state index in [0.29, 0.717) is 6.04 Å². The maximum atomic E-state index is 13.7. The summed E-state index contributed by atoms with van der Waals surface area (Å²) in [4.78, 5) is 0. The number of nitrogens with one attached hydrogen (secondary N) is 1. The van der Waals surface area contributed by atoms with Crippen molar-refractivity contribution in [1.29, 1.82) is 0 Å². The maximum Gasteiger partial charge on any atom is 0.127 e. The van der Waals surface area contributed by atoms with Gasteiger partial charge in [-0.2, -0.15) is 0 Å². The lowest BCUT2D eigenvalue weighted by molar-refractivity contribution is 0.0382. The number of benzene rings is 1. The van der Waals surface area contributed by atoms with Crippen LogP contribution >= 0.6 is 0 Å². The number of methoxy groups -OCH3 is 1. The van der Waals surface area contributed by atoms with E-state index in [1.54, 1.807) is 13.2 Å². The van der Waals surface area contributed by atoms with Crippen molar-refractivity contribution in [3.8, 4) is 0 Å². The van der Waals surface area contributed by atoms with Crippen molar-refractivity contribution in [3.63, 3.8) is 0 Å². The fraction of sp³-hybridized carbons (Fsp3) is 0.600. The Kier molecular flexibility index (Phi) is 4.72. The Hall–Kier alpha value is -0.930. The average Bonchev–Trinajstić information content (AvgIpc) is 2.39. The molecule has 1 fully saturated rings. The SMILES string of the molecule is COC1CCCCC1N[C@H](C)c1ccccc1F. The molecule has 100 valence electrons. The second-order valence-corrected chi connectivity index (χ2v) is 5.07. The highest BCUT2D eigenvalue weighted by atomic mass is 19.1. The molecular formula is C15H22FNO. The molecule has 1 aliphatic carbocycles. The van der Waals surface area contributed by atoms with Crippen LogP contribution in [-0.2, 0) is 4.74 Å². The van der Waals surface area contributed by atoms with Gasteiger partial charge in [-0.05, 0) is 25.8 Å². The molecule has 1 aliphatic rings. The van der Waals surface area contributed by atoms with E-state index in [9.17, 15) is 4.39 Å². The molecule has 0 heterocycles. The molecular weight excluding hydrogens is 229 g/mol. The number of ether oxygens (including phenoxy) is 1. The van der Waals surface area contributed by atoms with Gasteiger partial charge >= 0.3 is 0 Å². The van der Waals surface area contributed by atoms with Gasteiger partial charge in [0.2, 0.25) is 0 Å². The molecule has 0 aromatic heterocycles. The average molecular weight is 251 g/mol. The summed E-state index contributed by atoms with van der Waals surface area (Å²) in [5.74, 6) is -0.137. The molecule has 0 amide bonds. The lowest BCUT2D eigenvalue weighted by atomic mass is 9.91. The first-order valence-electron chi connectivity index (χ1n) is 6.75. The van der Waals surface area contributed by atoms with E-state index < -0.39 is 0 Å². The molecule has 0 bridgehead atoms. The van der Waals surface area contributed by atoms with Crippen molar-refractivity contribution in [1.82, 2.24) is 5.32 Å². The van der Waals surface area contributed by atoms with Crippen molar-refractivity contribution in [2.24, 2.45) is 0 Å². The third-order valence-corrected chi connectivity index (χ3v) is 3.84. The van der Waals surface area contributed by atoms with E-state index in [1.807, 2.05) is 19.1 Å². The first kappa shape index (κ1) is 13.5. The van der Waals surface area contributed by atoms with Crippen molar-refractivity contribution in [3.05, 3.63) is 35.6 Å². The van der Waals surface area contributed by atoms with Crippen LogP contribution in [0.4, 0.5) is 4.39 Å². The van der Waals surface area contributed by atoms with E-state index in [0.717, 1.165) is 18.4 Å². The Morgan fingerprint density at radius 2 is 2.00 bits per heavy atom. The predicted molar refractivity (Wildman–Crippen MR) is 71.0 cm³/mol. The first-order chi connectivity index (χ1) is 8.72. The molecule has 0 aliphatic heterocycles. The molecule has 18 heavy (non-hydrogen) atoms. The number of halogens is 1. The highest BCUT2D eigenvalue weighted by Crippen LogP contribution is 2.24. The van der Waals surface area contributed by atoms with Gasteiger partial charge in [-0.25, -0.2) is 4.39 Å². The van der Waals surface area contributed by atoms with Gasteiger partial charge in [-0.3, -0.25) is 0 Å². The van der Waals surface area contributed by atoms with Crippen LogP contribution in [0.3, 0.4) is 0 Å². The van der Waals surface area contributed by atoms with Gasteiger partial charge < -0.3 is 10.1 Å². The molecule has 3 atom stereocenters. The Bertz CT molecular complexity index is 383. The quantitative estimate of drug-likeness (QED) is 0.885. The standard InChI is InChI=1S/C15H22FNO/c1-11(12-7-3-4-8-13(12)16)17-14-9-5-6-10-15(14)18-2/h3-4,7-8,11,14-15,17H,5-6,9-10H2,1-2H3/t11-,14?,15?/m1/s1. The van der Waals surface area contributed by atoms with Gasteiger partial charge in [0.05, 0.1) is 6.10 Å². The summed E-state index contributed by atoms with van der Waals surface area (Å²) in [5, 5.41) is 3.51. The largest absolute Gasteiger partial charge is 0.380 e. The molecule has 0 saturated heterocycles. The second kappa shape index (κ2) is 6.30. The van der Waals surface area contributed by atoms with Crippen molar-refractivity contribution < 1.29 is 9.13 Å². The van der Waals surface area contributed by atoms with E-state index in [2.05, 4.69) is 5.32 Å². The predicted octanol–water partition coefficient (Wildman–Crippen LogP) is 3.43. The minimum atomic E-state index is -0.137. The fourth-order valence-corrected chi connectivity index (χ4v) is 2.81. The number of rotatable bonds is 4. The highest BCUT2D eigenvalue weighted by molar-refractivity contribution is 5.20. The molecule has 2 rings (SSSR count). The normalized spacial score (nSPS) is 25.9. The first-order valence-corrected chi connectivity index (χ1v) is 6.75. The fourth-order valence-electron chi connectivity index (χ4n) is 2.81. The van der Waals surface area contributed by atoms with Crippen LogP contribution in [0.1, 0.15) is 44.2 Å². The van der Waals surface area contributed by atoms with Crippen LogP contribution in [-0.4, -0.2) is 19.3 Å². The van der Waals surface area contributed by atoms with Crippen LogP contribution in [0.15, 0.2) is 24.3 Å². The monoisotopic (exact) mass is 251 g/mol. The van der Waals surface area contributed by atoms with Crippen LogP contribution in [0.5, 0.6) is 0 Å². The van der Waals surface area contributed by atoms with E-state index in [4.69, 9.17) is 4.74 Å². The minimum Gasteiger partial charge on any atom is -0.380 e. The Labute approximate surface area is 109 Å². The third kappa shape index (κ3) is 3.09. The van der Waals surface area contributed by atoms with E-state index in [1.165, 1.54) is 18.9 Å². The van der Waals surface area contributed by atoms with E-state index in [-0.39, 0.29) is 18.0 Å². The zero-order valence-electron chi connectivity index (χ0n) is 11.2. The molecule has 0 radical (unpaired) electrons. The Balaban J connectivity index is 2.02. The molecule has 1 aromatic carbocycles. The zero-order valence-corrected chi connectivity index (χ0v) is 11.2. The molecule has 0 spiro atoms. The summed E-state index contributed by atoms with van der Waals surface area (Å²) in [6.45, 7) is 2.01. The molecule has 1 aromatic rings. The summed E-state index contributed by atoms with van der Waals surface area (Å²) >= 11 is 0. The molecule has 2 unspecified atom stereocenters. The third-order valence-electron chi connectivity index (χ3n) is 3.84.